The number of carbonyl (C=O) groups excluding carboxylic acids is 1. The van der Waals surface area contributed by atoms with E-state index in [0.717, 1.165) is 16.7 Å². The molecule has 3 rings (SSSR count). The standard InChI is InChI=1S/C21H18FNO3/c22-21-18(24)11-16(12-19(21)25)17-8-6-14(13-4-2-1-3-5-13)10-15(17)7-9-20(23)26/h1-6,8,10-12,24-25H,7,9H2,(H2,23,26). The number of halogens is 1. The highest BCUT2D eigenvalue weighted by molar-refractivity contribution is 5.78. The van der Waals surface area contributed by atoms with Gasteiger partial charge in [-0.15, -0.1) is 0 Å². The number of amides is 1. The van der Waals surface area contributed by atoms with Gasteiger partial charge in [0.15, 0.2) is 11.5 Å². The van der Waals surface area contributed by atoms with Gasteiger partial charge in [0, 0.05) is 6.42 Å². The fourth-order valence-corrected chi connectivity index (χ4v) is 2.90. The van der Waals surface area contributed by atoms with Crippen LogP contribution >= 0.6 is 0 Å². The minimum absolute atomic E-state index is 0.157. The van der Waals surface area contributed by atoms with Crippen LogP contribution in [-0.2, 0) is 11.2 Å². The second-order valence-electron chi connectivity index (χ2n) is 6.03. The third kappa shape index (κ3) is 3.67. The van der Waals surface area contributed by atoms with Gasteiger partial charge >= 0.3 is 0 Å². The number of phenolic OH excluding ortho intramolecular Hbond substituents is 2. The molecule has 1 amide bonds. The van der Waals surface area contributed by atoms with E-state index in [4.69, 9.17) is 5.73 Å². The van der Waals surface area contributed by atoms with Crippen LogP contribution in [0.15, 0.2) is 60.7 Å². The van der Waals surface area contributed by atoms with Crippen LogP contribution in [0.1, 0.15) is 12.0 Å². The normalized spacial score (nSPS) is 10.7. The molecule has 0 aliphatic rings. The summed E-state index contributed by atoms with van der Waals surface area (Å²) in [5.74, 6) is -2.75. The molecule has 0 radical (unpaired) electrons. The zero-order valence-corrected chi connectivity index (χ0v) is 13.9. The van der Waals surface area contributed by atoms with E-state index in [2.05, 4.69) is 0 Å². The van der Waals surface area contributed by atoms with Crippen LogP contribution in [0.2, 0.25) is 0 Å². The minimum atomic E-state index is -1.06. The molecule has 0 unspecified atom stereocenters. The molecule has 3 aromatic carbocycles. The van der Waals surface area contributed by atoms with Crippen molar-refractivity contribution in [1.29, 1.82) is 0 Å². The molecule has 0 bridgehead atoms. The molecule has 0 heterocycles. The summed E-state index contributed by atoms with van der Waals surface area (Å²) in [6.45, 7) is 0. The molecule has 4 nitrogen and oxygen atoms in total. The Kier molecular flexibility index (Phi) is 4.89. The fraction of sp³-hybridized carbons (Fsp3) is 0.0952. The molecular formula is C21H18FNO3. The smallest absolute Gasteiger partial charge is 0.217 e. The molecule has 4 N–H and O–H groups in total. The third-order valence-corrected chi connectivity index (χ3v) is 4.20. The summed E-state index contributed by atoms with van der Waals surface area (Å²) in [5, 5.41) is 19.3. The number of aryl methyl sites for hydroxylation is 1. The molecule has 0 saturated carbocycles. The molecule has 0 fully saturated rings. The molecule has 0 aliphatic heterocycles. The lowest BCUT2D eigenvalue weighted by Crippen LogP contribution is -2.11. The average molecular weight is 351 g/mol. The molecule has 0 aromatic heterocycles. The quantitative estimate of drug-likeness (QED) is 0.650. The van der Waals surface area contributed by atoms with Crippen LogP contribution in [0.3, 0.4) is 0 Å². The summed E-state index contributed by atoms with van der Waals surface area (Å²) in [6, 6.07) is 17.9. The van der Waals surface area contributed by atoms with E-state index >= 15 is 0 Å². The van der Waals surface area contributed by atoms with Crippen LogP contribution < -0.4 is 5.73 Å². The summed E-state index contributed by atoms with van der Waals surface area (Å²) >= 11 is 0. The van der Waals surface area contributed by atoms with Gasteiger partial charge in [0.1, 0.15) is 0 Å². The Bertz CT molecular complexity index is 932. The number of aromatic hydroxyl groups is 2. The number of phenols is 2. The van der Waals surface area contributed by atoms with Crippen LogP contribution in [0.4, 0.5) is 4.39 Å². The van der Waals surface area contributed by atoms with Gasteiger partial charge in [-0.25, -0.2) is 0 Å². The van der Waals surface area contributed by atoms with E-state index in [-0.39, 0.29) is 6.42 Å². The molecule has 26 heavy (non-hydrogen) atoms. The van der Waals surface area contributed by atoms with E-state index in [0.29, 0.717) is 17.5 Å². The lowest BCUT2D eigenvalue weighted by atomic mass is 9.92. The van der Waals surface area contributed by atoms with Crippen molar-refractivity contribution in [3.05, 3.63) is 72.0 Å². The Morgan fingerprint density at radius 3 is 2.15 bits per heavy atom. The molecule has 3 aromatic rings. The average Bonchev–Trinajstić information content (AvgIpc) is 2.64. The van der Waals surface area contributed by atoms with Crippen LogP contribution in [0, 0.1) is 5.82 Å². The molecule has 132 valence electrons. The zero-order chi connectivity index (χ0) is 18.7. The molecule has 0 atom stereocenters. The summed E-state index contributed by atoms with van der Waals surface area (Å²) in [6.07, 6.45) is 0.550. The first kappa shape index (κ1) is 17.5. The Morgan fingerprint density at radius 2 is 1.54 bits per heavy atom. The van der Waals surface area contributed by atoms with Crippen molar-refractivity contribution in [2.24, 2.45) is 5.73 Å². The lowest BCUT2D eigenvalue weighted by Gasteiger charge is -2.13. The monoisotopic (exact) mass is 351 g/mol. The van der Waals surface area contributed by atoms with Gasteiger partial charge in [-0.05, 0) is 46.4 Å². The second-order valence-corrected chi connectivity index (χ2v) is 6.03. The maximum absolute atomic E-state index is 13.5. The first-order valence-corrected chi connectivity index (χ1v) is 8.14. The topological polar surface area (TPSA) is 83.6 Å². The van der Waals surface area contributed by atoms with Gasteiger partial charge in [-0.2, -0.15) is 4.39 Å². The first-order chi connectivity index (χ1) is 12.5. The van der Waals surface area contributed by atoms with E-state index < -0.39 is 23.2 Å². The predicted octanol–water partition coefficient (Wildman–Crippen LogP) is 3.99. The van der Waals surface area contributed by atoms with Gasteiger partial charge in [0.25, 0.3) is 0 Å². The number of carbonyl (C=O) groups is 1. The number of hydrogen-bond donors (Lipinski definition) is 3. The second kappa shape index (κ2) is 7.27. The van der Waals surface area contributed by atoms with Crippen LogP contribution in [0.25, 0.3) is 22.3 Å². The largest absolute Gasteiger partial charge is 0.505 e. The molecular weight excluding hydrogens is 333 g/mol. The van der Waals surface area contributed by atoms with E-state index in [9.17, 15) is 19.4 Å². The van der Waals surface area contributed by atoms with Crippen LogP contribution in [0.5, 0.6) is 11.5 Å². The number of hydrogen-bond acceptors (Lipinski definition) is 3. The van der Waals surface area contributed by atoms with Gasteiger partial charge in [0.05, 0.1) is 0 Å². The molecule has 0 spiro atoms. The Balaban J connectivity index is 2.10. The summed E-state index contributed by atoms with van der Waals surface area (Å²) in [5.41, 5.74) is 9.22. The maximum atomic E-state index is 13.5. The van der Waals surface area contributed by atoms with Gasteiger partial charge in [0.2, 0.25) is 11.7 Å². The van der Waals surface area contributed by atoms with Gasteiger partial charge in [-0.1, -0.05) is 48.5 Å². The van der Waals surface area contributed by atoms with Gasteiger partial charge in [-0.3, -0.25) is 4.79 Å². The van der Waals surface area contributed by atoms with E-state index in [1.165, 1.54) is 12.1 Å². The number of primary amides is 1. The number of nitrogens with two attached hydrogens (primary N) is 1. The Morgan fingerprint density at radius 1 is 0.885 bits per heavy atom. The summed E-state index contributed by atoms with van der Waals surface area (Å²) in [7, 11) is 0. The summed E-state index contributed by atoms with van der Waals surface area (Å²) < 4.78 is 13.5. The zero-order valence-electron chi connectivity index (χ0n) is 13.9. The number of rotatable bonds is 5. The molecule has 0 saturated heterocycles. The Labute approximate surface area is 150 Å². The third-order valence-electron chi connectivity index (χ3n) is 4.20. The van der Waals surface area contributed by atoms with Crippen LogP contribution in [-0.4, -0.2) is 16.1 Å². The fourth-order valence-electron chi connectivity index (χ4n) is 2.90. The van der Waals surface area contributed by atoms with Crippen molar-refractivity contribution in [1.82, 2.24) is 0 Å². The number of benzene rings is 3. The highest BCUT2D eigenvalue weighted by Crippen LogP contribution is 2.35. The first-order valence-electron chi connectivity index (χ1n) is 8.14. The van der Waals surface area contributed by atoms with Crippen molar-refractivity contribution in [3.63, 3.8) is 0 Å². The lowest BCUT2D eigenvalue weighted by molar-refractivity contribution is -0.117. The predicted molar refractivity (Wildman–Crippen MR) is 98.1 cm³/mol. The molecule has 5 heteroatoms. The van der Waals surface area contributed by atoms with Crippen molar-refractivity contribution >= 4 is 5.91 Å². The Hall–Kier alpha value is -3.34. The van der Waals surface area contributed by atoms with Crippen molar-refractivity contribution in [2.75, 3.05) is 0 Å². The minimum Gasteiger partial charge on any atom is -0.505 e. The summed E-state index contributed by atoms with van der Waals surface area (Å²) in [4.78, 5) is 11.2. The highest BCUT2D eigenvalue weighted by Gasteiger charge is 2.14. The SMILES string of the molecule is NC(=O)CCc1cc(-c2ccccc2)ccc1-c1cc(O)c(F)c(O)c1. The molecule has 0 aliphatic carbocycles. The van der Waals surface area contributed by atoms with E-state index in [1.54, 1.807) is 0 Å². The van der Waals surface area contributed by atoms with Crippen molar-refractivity contribution in [3.8, 4) is 33.8 Å². The van der Waals surface area contributed by atoms with Crippen molar-refractivity contribution < 1.29 is 19.4 Å². The highest BCUT2D eigenvalue weighted by atomic mass is 19.1. The van der Waals surface area contributed by atoms with Gasteiger partial charge < -0.3 is 15.9 Å². The van der Waals surface area contributed by atoms with E-state index in [1.807, 2.05) is 48.5 Å². The van der Waals surface area contributed by atoms with Crippen molar-refractivity contribution in [2.45, 2.75) is 12.8 Å². The maximum Gasteiger partial charge on any atom is 0.217 e.